The highest BCUT2D eigenvalue weighted by molar-refractivity contribution is 5.82. The monoisotopic (exact) mass is 436 g/mol. The number of carbonyl (C=O) groups is 4. The number of hydrogen-bond acceptors (Lipinski definition) is 9. The van der Waals surface area contributed by atoms with Gasteiger partial charge in [-0.3, -0.25) is 9.59 Å². The second kappa shape index (κ2) is 10.6. The first kappa shape index (κ1) is 29.8. The molecule has 2 rings (SSSR count). The summed E-state index contributed by atoms with van der Waals surface area (Å²) in [6.07, 6.45) is 0.448. The molecule has 30 heavy (non-hydrogen) atoms. The van der Waals surface area contributed by atoms with Gasteiger partial charge in [0, 0.05) is 0 Å². The predicted molar refractivity (Wildman–Crippen MR) is 108 cm³/mol. The summed E-state index contributed by atoms with van der Waals surface area (Å²) in [5.41, 5.74) is 7.32. The van der Waals surface area contributed by atoms with E-state index in [1.165, 1.54) is 0 Å². The normalized spacial score (nSPS) is 17.2. The molecule has 0 spiro atoms. The van der Waals surface area contributed by atoms with E-state index in [9.17, 15) is 19.2 Å². The average molecular weight is 437 g/mol. The molecule has 2 aliphatic carbocycles. The van der Waals surface area contributed by atoms with Crippen LogP contribution in [0.15, 0.2) is 0 Å². The molecule has 11 nitrogen and oxygen atoms in total. The van der Waals surface area contributed by atoms with Crippen LogP contribution in [0, 0.1) is 0 Å². The highest BCUT2D eigenvalue weighted by Crippen LogP contribution is 2.32. The van der Waals surface area contributed by atoms with Gasteiger partial charge in [0.1, 0.15) is 22.3 Å². The Bertz CT molecular complexity index is 571. The van der Waals surface area contributed by atoms with Gasteiger partial charge in [-0.05, 0) is 67.2 Å². The molecule has 0 amide bonds. The molecule has 0 aromatic heterocycles. The maximum atomic E-state index is 11.0. The van der Waals surface area contributed by atoms with E-state index in [2.05, 4.69) is 4.74 Å². The molecule has 0 aromatic rings. The first-order chi connectivity index (χ1) is 12.8. The number of aliphatic carboxylic acids is 2. The largest absolute Gasteiger partial charge is 0.519 e. The first-order valence-electron chi connectivity index (χ1n) is 8.98. The fourth-order valence-corrected chi connectivity index (χ4v) is 1.31. The summed E-state index contributed by atoms with van der Waals surface area (Å²) in [4.78, 5) is 41.9. The van der Waals surface area contributed by atoms with Crippen molar-refractivity contribution in [1.29, 1.82) is 0 Å². The van der Waals surface area contributed by atoms with Crippen LogP contribution in [-0.4, -0.2) is 56.7 Å². The van der Waals surface area contributed by atoms with Crippen LogP contribution in [0.25, 0.3) is 0 Å². The summed E-state index contributed by atoms with van der Waals surface area (Å²) in [7, 11) is 0. The zero-order chi connectivity index (χ0) is 23.3. The Labute approximate surface area is 177 Å². The van der Waals surface area contributed by atoms with Gasteiger partial charge in [-0.2, -0.15) is 0 Å². The number of carboxylic acids is 2. The van der Waals surface area contributed by atoms with Crippen LogP contribution in [0.5, 0.6) is 0 Å². The van der Waals surface area contributed by atoms with E-state index >= 15 is 0 Å². The fraction of sp³-hybridized carbons (Fsp3) is 0.789. The number of nitrogens with two attached hydrogens (primary N) is 2. The van der Waals surface area contributed by atoms with Gasteiger partial charge in [-0.1, -0.05) is 7.43 Å². The summed E-state index contributed by atoms with van der Waals surface area (Å²) < 4.78 is 13.8. The Morgan fingerprint density at radius 1 is 0.700 bits per heavy atom. The van der Waals surface area contributed by atoms with E-state index in [0.29, 0.717) is 25.7 Å². The minimum Gasteiger partial charge on any atom is -0.480 e. The van der Waals surface area contributed by atoms with Crippen LogP contribution < -0.4 is 11.5 Å². The third kappa shape index (κ3) is 13.7. The highest BCUT2D eigenvalue weighted by atomic mass is 16.8. The molecular formula is C19H36N2O9. The zero-order valence-electron chi connectivity index (χ0n) is 17.7. The Hall–Kier alpha value is -2.40. The number of hydrogen-bond donors (Lipinski definition) is 4. The van der Waals surface area contributed by atoms with Crippen molar-refractivity contribution in [3.8, 4) is 0 Å². The lowest BCUT2D eigenvalue weighted by Crippen LogP contribution is -2.31. The quantitative estimate of drug-likeness (QED) is 0.368. The molecular weight excluding hydrogens is 400 g/mol. The molecule has 0 bridgehead atoms. The van der Waals surface area contributed by atoms with Crippen LogP contribution in [0.4, 0.5) is 9.59 Å². The van der Waals surface area contributed by atoms with Gasteiger partial charge in [0.25, 0.3) is 0 Å². The van der Waals surface area contributed by atoms with E-state index in [0.717, 1.165) is 0 Å². The van der Waals surface area contributed by atoms with Crippen molar-refractivity contribution < 1.29 is 43.6 Å². The summed E-state index contributed by atoms with van der Waals surface area (Å²) in [5.74, 6) is -1.74. The SMILES string of the molecule is C.CC(C)(C)OC(=O)OC(=O)OC(C)(C)C.NC1(C(=O)O)CC1.NC1(C(=O)O)CC1. The molecule has 0 radical (unpaired) electrons. The summed E-state index contributed by atoms with van der Waals surface area (Å²) in [5, 5.41) is 16.4. The third-order valence-corrected chi connectivity index (χ3v) is 3.37. The molecule has 2 saturated carbocycles. The molecule has 176 valence electrons. The number of carboxylic acid groups (broad SMARTS) is 2. The van der Waals surface area contributed by atoms with Crippen LogP contribution in [0.2, 0.25) is 0 Å². The molecule has 0 saturated heterocycles. The van der Waals surface area contributed by atoms with Crippen molar-refractivity contribution in [2.45, 2.75) is 96.9 Å². The van der Waals surface area contributed by atoms with Crippen molar-refractivity contribution in [2.75, 3.05) is 0 Å². The smallest absolute Gasteiger partial charge is 0.480 e. The fourth-order valence-electron chi connectivity index (χ4n) is 1.31. The second-order valence-electron chi connectivity index (χ2n) is 8.95. The van der Waals surface area contributed by atoms with Crippen molar-refractivity contribution in [3.63, 3.8) is 0 Å². The molecule has 6 N–H and O–H groups in total. The lowest BCUT2D eigenvalue weighted by atomic mass is 10.2. The molecule has 0 aliphatic heterocycles. The van der Waals surface area contributed by atoms with E-state index in [1.807, 2.05) is 0 Å². The minimum atomic E-state index is -1.06. The highest BCUT2D eigenvalue weighted by Gasteiger charge is 2.46. The zero-order valence-corrected chi connectivity index (χ0v) is 17.7. The van der Waals surface area contributed by atoms with E-state index in [4.69, 9.17) is 31.2 Å². The molecule has 0 aromatic carbocycles. The minimum absolute atomic E-state index is 0. The maximum Gasteiger partial charge on any atom is 0.519 e. The van der Waals surface area contributed by atoms with E-state index in [1.54, 1.807) is 41.5 Å². The van der Waals surface area contributed by atoms with Gasteiger partial charge in [0.15, 0.2) is 0 Å². The predicted octanol–water partition coefficient (Wildman–Crippen LogP) is 2.63. The van der Waals surface area contributed by atoms with Gasteiger partial charge >= 0.3 is 24.2 Å². The van der Waals surface area contributed by atoms with Crippen LogP contribution >= 0.6 is 0 Å². The first-order valence-corrected chi connectivity index (χ1v) is 8.98. The molecule has 11 heteroatoms. The number of rotatable bonds is 2. The number of carbonyl (C=O) groups excluding carboxylic acids is 2. The van der Waals surface area contributed by atoms with Crippen LogP contribution in [0.1, 0.15) is 74.7 Å². The summed E-state index contributed by atoms with van der Waals surface area (Å²) >= 11 is 0. The maximum absolute atomic E-state index is 11.0. The lowest BCUT2D eigenvalue weighted by molar-refractivity contribution is -0.140. The summed E-state index contributed by atoms with van der Waals surface area (Å²) in [6, 6.07) is 0. The average Bonchev–Trinajstić information content (AvgIpc) is 3.35. The van der Waals surface area contributed by atoms with Crippen molar-refractivity contribution >= 4 is 24.2 Å². The van der Waals surface area contributed by atoms with Crippen LogP contribution in [0.3, 0.4) is 0 Å². The lowest BCUT2D eigenvalue weighted by Gasteiger charge is -2.20. The van der Waals surface area contributed by atoms with Gasteiger partial charge in [-0.15, -0.1) is 0 Å². The van der Waals surface area contributed by atoms with Gasteiger partial charge < -0.3 is 35.9 Å². The van der Waals surface area contributed by atoms with Crippen molar-refractivity contribution in [1.82, 2.24) is 0 Å². The Morgan fingerprint density at radius 2 is 0.933 bits per heavy atom. The third-order valence-electron chi connectivity index (χ3n) is 3.37. The van der Waals surface area contributed by atoms with Gasteiger partial charge in [0.05, 0.1) is 0 Å². The Morgan fingerprint density at radius 3 is 1.03 bits per heavy atom. The molecule has 0 heterocycles. The van der Waals surface area contributed by atoms with Gasteiger partial charge in [-0.25, -0.2) is 9.59 Å². The molecule has 2 fully saturated rings. The van der Waals surface area contributed by atoms with Gasteiger partial charge in [0.2, 0.25) is 0 Å². The van der Waals surface area contributed by atoms with Crippen molar-refractivity contribution in [2.24, 2.45) is 11.5 Å². The number of ether oxygens (including phenoxy) is 3. The topological polar surface area (TPSA) is 188 Å². The molecule has 0 atom stereocenters. The second-order valence-corrected chi connectivity index (χ2v) is 8.95. The molecule has 2 aliphatic rings. The standard InChI is InChI=1S/C10H18O5.2C4H7NO2.CH4/c1-9(2,3)14-7(11)13-8(12)15-10(4,5)6;2*5-4(1-2-4)3(6)7;/h1-6H3;2*1-2,5H2,(H,6,7);1H4. The van der Waals surface area contributed by atoms with E-state index < -0.39 is 46.5 Å². The molecule has 0 unspecified atom stereocenters. The van der Waals surface area contributed by atoms with E-state index in [-0.39, 0.29) is 7.43 Å². The summed E-state index contributed by atoms with van der Waals surface area (Å²) in [6.45, 7) is 10.0. The van der Waals surface area contributed by atoms with Crippen molar-refractivity contribution in [3.05, 3.63) is 0 Å². The Balaban J connectivity index is 0. The Kier molecular flexibility index (Phi) is 10.5. The van der Waals surface area contributed by atoms with Crippen LogP contribution in [-0.2, 0) is 23.8 Å².